The average Bonchev–Trinajstić information content (AvgIpc) is 1.99. The van der Waals surface area contributed by atoms with Crippen molar-refractivity contribution in [2.45, 2.75) is 39.4 Å². The SMILES string of the molecule is CC(C)=C[C@H]1CC(C)=C(C)C[S@@]1=O. The minimum atomic E-state index is -0.684. The summed E-state index contributed by atoms with van der Waals surface area (Å²) in [6.45, 7) is 8.37. The molecule has 1 rings (SSSR count). The van der Waals surface area contributed by atoms with Gasteiger partial charge in [-0.15, -0.1) is 0 Å². The average molecular weight is 198 g/mol. The molecule has 0 aromatic rings. The van der Waals surface area contributed by atoms with Gasteiger partial charge < -0.3 is 0 Å². The Hall–Kier alpha value is -0.370. The molecule has 1 aliphatic heterocycles. The van der Waals surface area contributed by atoms with E-state index >= 15 is 0 Å². The van der Waals surface area contributed by atoms with Crippen molar-refractivity contribution in [1.82, 2.24) is 0 Å². The fraction of sp³-hybridized carbons (Fsp3) is 0.636. The van der Waals surface area contributed by atoms with Crippen LogP contribution in [0.5, 0.6) is 0 Å². The highest BCUT2D eigenvalue weighted by Crippen LogP contribution is 2.23. The van der Waals surface area contributed by atoms with Gasteiger partial charge in [-0.3, -0.25) is 4.21 Å². The maximum atomic E-state index is 11.7. The van der Waals surface area contributed by atoms with Crippen LogP contribution in [0.1, 0.15) is 34.1 Å². The predicted octanol–water partition coefficient (Wildman–Crippen LogP) is 2.81. The van der Waals surface area contributed by atoms with Gasteiger partial charge in [0.2, 0.25) is 0 Å². The molecule has 0 fully saturated rings. The molecule has 2 atom stereocenters. The normalized spacial score (nSPS) is 28.9. The molecule has 0 spiro atoms. The first kappa shape index (κ1) is 10.7. The lowest BCUT2D eigenvalue weighted by molar-refractivity contribution is 0.674. The molecule has 13 heavy (non-hydrogen) atoms. The Labute approximate surface area is 83.4 Å². The highest BCUT2D eigenvalue weighted by Gasteiger charge is 2.21. The van der Waals surface area contributed by atoms with Crippen LogP contribution in [0, 0.1) is 0 Å². The standard InChI is InChI=1S/C11H18OS/c1-8(2)5-11-6-9(3)10(4)7-13(11)12/h5,11H,6-7H2,1-4H3/t11-,13-/m0/s1. The summed E-state index contributed by atoms with van der Waals surface area (Å²) in [5.41, 5.74) is 4.00. The summed E-state index contributed by atoms with van der Waals surface area (Å²) in [5, 5.41) is 0.258. The zero-order valence-electron chi connectivity index (χ0n) is 8.89. The first-order chi connectivity index (χ1) is 6.00. The molecule has 0 aliphatic carbocycles. The summed E-state index contributed by atoms with van der Waals surface area (Å²) in [6, 6.07) is 0. The van der Waals surface area contributed by atoms with E-state index < -0.39 is 10.8 Å². The van der Waals surface area contributed by atoms with Crippen molar-refractivity contribution in [3.63, 3.8) is 0 Å². The molecule has 0 N–H and O–H groups in total. The zero-order chi connectivity index (χ0) is 10.0. The quantitative estimate of drug-likeness (QED) is 0.592. The van der Waals surface area contributed by atoms with E-state index in [2.05, 4.69) is 33.8 Å². The molecule has 0 saturated heterocycles. The van der Waals surface area contributed by atoms with Gasteiger partial charge in [-0.25, -0.2) is 0 Å². The largest absolute Gasteiger partial charge is 0.259 e. The summed E-state index contributed by atoms with van der Waals surface area (Å²) in [7, 11) is -0.684. The van der Waals surface area contributed by atoms with E-state index in [4.69, 9.17) is 0 Å². The van der Waals surface area contributed by atoms with Crippen molar-refractivity contribution in [3.05, 3.63) is 22.8 Å². The number of rotatable bonds is 1. The minimum absolute atomic E-state index is 0.258. The second-order valence-electron chi connectivity index (χ2n) is 4.07. The lowest BCUT2D eigenvalue weighted by Gasteiger charge is -2.21. The number of hydrogen-bond donors (Lipinski definition) is 0. The fourth-order valence-corrected chi connectivity index (χ4v) is 3.27. The van der Waals surface area contributed by atoms with Gasteiger partial charge >= 0.3 is 0 Å². The maximum Gasteiger partial charge on any atom is 0.0570 e. The highest BCUT2D eigenvalue weighted by molar-refractivity contribution is 7.86. The molecule has 0 saturated carbocycles. The van der Waals surface area contributed by atoms with Gasteiger partial charge in [0.25, 0.3) is 0 Å². The van der Waals surface area contributed by atoms with Crippen molar-refractivity contribution < 1.29 is 4.21 Å². The molecule has 1 nitrogen and oxygen atoms in total. The van der Waals surface area contributed by atoms with Gasteiger partial charge in [0.1, 0.15) is 0 Å². The summed E-state index contributed by atoms with van der Waals surface area (Å²) >= 11 is 0. The molecular weight excluding hydrogens is 180 g/mol. The number of hydrogen-bond acceptors (Lipinski definition) is 1. The molecule has 0 unspecified atom stereocenters. The van der Waals surface area contributed by atoms with E-state index in [0.717, 1.165) is 12.2 Å². The summed E-state index contributed by atoms with van der Waals surface area (Å²) in [4.78, 5) is 0. The highest BCUT2D eigenvalue weighted by atomic mass is 32.2. The van der Waals surface area contributed by atoms with Crippen LogP contribution in [0.4, 0.5) is 0 Å². The van der Waals surface area contributed by atoms with Crippen LogP contribution in [-0.2, 0) is 10.8 Å². The van der Waals surface area contributed by atoms with Crippen molar-refractivity contribution in [1.29, 1.82) is 0 Å². The third-order valence-electron chi connectivity index (χ3n) is 2.45. The lowest BCUT2D eigenvalue weighted by Crippen LogP contribution is -2.22. The van der Waals surface area contributed by atoms with Crippen LogP contribution in [0.3, 0.4) is 0 Å². The summed E-state index contributed by atoms with van der Waals surface area (Å²) in [5.74, 6) is 0.764. The summed E-state index contributed by atoms with van der Waals surface area (Å²) < 4.78 is 11.7. The van der Waals surface area contributed by atoms with E-state index in [1.54, 1.807) is 0 Å². The van der Waals surface area contributed by atoms with E-state index in [1.807, 2.05) is 0 Å². The van der Waals surface area contributed by atoms with Gasteiger partial charge in [0, 0.05) is 16.6 Å². The van der Waals surface area contributed by atoms with Crippen LogP contribution in [0.15, 0.2) is 22.8 Å². The third-order valence-corrected chi connectivity index (χ3v) is 4.15. The van der Waals surface area contributed by atoms with Gasteiger partial charge in [0.15, 0.2) is 0 Å². The van der Waals surface area contributed by atoms with E-state index in [1.165, 1.54) is 16.7 Å². The molecule has 0 aromatic carbocycles. The van der Waals surface area contributed by atoms with Crippen molar-refractivity contribution in [3.8, 4) is 0 Å². The van der Waals surface area contributed by atoms with Crippen LogP contribution >= 0.6 is 0 Å². The predicted molar refractivity (Wildman–Crippen MR) is 59.2 cm³/mol. The Morgan fingerprint density at radius 2 is 2.00 bits per heavy atom. The zero-order valence-corrected chi connectivity index (χ0v) is 9.70. The Morgan fingerprint density at radius 3 is 2.54 bits per heavy atom. The number of allylic oxidation sites excluding steroid dienone is 2. The second-order valence-corrected chi connectivity index (χ2v) is 5.73. The van der Waals surface area contributed by atoms with Crippen LogP contribution in [0.25, 0.3) is 0 Å². The Bertz CT molecular complexity index is 282. The fourth-order valence-electron chi connectivity index (χ4n) is 1.52. The van der Waals surface area contributed by atoms with Crippen LogP contribution in [-0.4, -0.2) is 15.2 Å². The molecule has 1 aliphatic rings. The van der Waals surface area contributed by atoms with Gasteiger partial charge in [-0.2, -0.15) is 0 Å². The van der Waals surface area contributed by atoms with E-state index in [-0.39, 0.29) is 5.25 Å². The van der Waals surface area contributed by atoms with Crippen LogP contribution < -0.4 is 0 Å². The maximum absolute atomic E-state index is 11.7. The Kier molecular flexibility index (Phi) is 3.48. The molecule has 0 bridgehead atoms. The Balaban J connectivity index is 2.82. The van der Waals surface area contributed by atoms with Gasteiger partial charge in [-0.05, 0) is 34.1 Å². The summed E-state index contributed by atoms with van der Waals surface area (Å²) in [6.07, 6.45) is 3.12. The van der Waals surface area contributed by atoms with Gasteiger partial charge in [0.05, 0.1) is 5.25 Å². The van der Waals surface area contributed by atoms with Gasteiger partial charge in [-0.1, -0.05) is 22.8 Å². The Morgan fingerprint density at radius 1 is 1.38 bits per heavy atom. The molecule has 1 heterocycles. The smallest absolute Gasteiger partial charge is 0.0570 e. The monoisotopic (exact) mass is 198 g/mol. The topological polar surface area (TPSA) is 17.1 Å². The second kappa shape index (κ2) is 4.23. The first-order valence-corrected chi connectivity index (χ1v) is 6.06. The molecule has 0 amide bonds. The third kappa shape index (κ3) is 2.80. The molecule has 0 aromatic heterocycles. The van der Waals surface area contributed by atoms with Crippen molar-refractivity contribution >= 4 is 10.8 Å². The van der Waals surface area contributed by atoms with Crippen molar-refractivity contribution in [2.24, 2.45) is 0 Å². The van der Waals surface area contributed by atoms with E-state index in [0.29, 0.717) is 0 Å². The molecule has 74 valence electrons. The van der Waals surface area contributed by atoms with Crippen LogP contribution in [0.2, 0.25) is 0 Å². The van der Waals surface area contributed by atoms with E-state index in [9.17, 15) is 4.21 Å². The molecule has 0 radical (unpaired) electrons. The molecular formula is C11H18OS. The first-order valence-electron chi connectivity index (χ1n) is 4.68. The minimum Gasteiger partial charge on any atom is -0.259 e. The molecule has 2 heteroatoms. The van der Waals surface area contributed by atoms with Crippen molar-refractivity contribution in [2.75, 3.05) is 5.75 Å². The lowest BCUT2D eigenvalue weighted by atomic mass is 10.1.